The largest absolute Gasteiger partial charge is 0.452 e. The van der Waals surface area contributed by atoms with Crippen molar-refractivity contribution in [3.05, 3.63) is 24.3 Å². The van der Waals surface area contributed by atoms with E-state index in [2.05, 4.69) is 10.1 Å². The SMILES string of the molecule is CCC(=O)N1CCCC(C(=O)OC(C)C(=O)Nc2ccccc2OC(F)F)C1. The van der Waals surface area contributed by atoms with Gasteiger partial charge < -0.3 is 19.7 Å². The van der Waals surface area contributed by atoms with Crippen LogP contribution in [0.3, 0.4) is 0 Å². The lowest BCUT2D eigenvalue weighted by atomic mass is 9.98. The molecule has 0 radical (unpaired) electrons. The second kappa shape index (κ2) is 10.0. The second-order valence-corrected chi connectivity index (χ2v) is 6.48. The number of likely N-dealkylation sites (tertiary alicyclic amines) is 1. The molecule has 1 N–H and O–H groups in total. The fourth-order valence-corrected chi connectivity index (χ4v) is 2.95. The quantitative estimate of drug-likeness (QED) is 0.714. The lowest BCUT2D eigenvalue weighted by molar-refractivity contribution is -0.159. The summed E-state index contributed by atoms with van der Waals surface area (Å²) in [6, 6.07) is 5.73. The first-order valence-corrected chi connectivity index (χ1v) is 9.14. The number of ether oxygens (including phenoxy) is 2. The number of nitrogens with zero attached hydrogens (tertiary/aromatic N) is 1. The smallest absolute Gasteiger partial charge is 0.387 e. The molecule has 9 heteroatoms. The van der Waals surface area contributed by atoms with Crippen LogP contribution in [0, 0.1) is 5.92 Å². The van der Waals surface area contributed by atoms with Gasteiger partial charge in [-0.1, -0.05) is 19.1 Å². The van der Waals surface area contributed by atoms with Crippen LogP contribution in [0.25, 0.3) is 0 Å². The number of carbonyl (C=O) groups excluding carboxylic acids is 3. The van der Waals surface area contributed by atoms with Gasteiger partial charge in [0.1, 0.15) is 5.75 Å². The van der Waals surface area contributed by atoms with E-state index in [0.29, 0.717) is 25.8 Å². The predicted octanol–water partition coefficient (Wildman–Crippen LogP) is 2.81. The van der Waals surface area contributed by atoms with Crippen molar-refractivity contribution in [1.82, 2.24) is 4.90 Å². The van der Waals surface area contributed by atoms with Crippen molar-refractivity contribution >= 4 is 23.5 Å². The van der Waals surface area contributed by atoms with E-state index in [1.807, 2.05) is 0 Å². The summed E-state index contributed by atoms with van der Waals surface area (Å²) in [5.74, 6) is -1.94. The Bertz CT molecular complexity index is 713. The Morgan fingerprint density at radius 3 is 2.68 bits per heavy atom. The van der Waals surface area contributed by atoms with E-state index in [1.165, 1.54) is 25.1 Å². The molecule has 2 unspecified atom stereocenters. The van der Waals surface area contributed by atoms with Crippen LogP contribution in [-0.4, -0.2) is 48.5 Å². The van der Waals surface area contributed by atoms with Crippen LogP contribution in [0.5, 0.6) is 5.75 Å². The number of benzene rings is 1. The molecule has 1 aliphatic rings. The van der Waals surface area contributed by atoms with E-state index in [1.54, 1.807) is 17.9 Å². The first-order chi connectivity index (χ1) is 13.3. The van der Waals surface area contributed by atoms with Gasteiger partial charge in [0.2, 0.25) is 5.91 Å². The molecule has 0 spiro atoms. The van der Waals surface area contributed by atoms with Crippen molar-refractivity contribution in [2.45, 2.75) is 45.8 Å². The molecule has 0 bridgehead atoms. The van der Waals surface area contributed by atoms with Gasteiger partial charge in [-0.25, -0.2) is 0 Å². The Hall–Kier alpha value is -2.71. The number of hydrogen-bond acceptors (Lipinski definition) is 5. The highest BCUT2D eigenvalue weighted by atomic mass is 19.3. The summed E-state index contributed by atoms with van der Waals surface area (Å²) in [7, 11) is 0. The van der Waals surface area contributed by atoms with Crippen LogP contribution in [-0.2, 0) is 19.1 Å². The molecule has 1 aromatic rings. The van der Waals surface area contributed by atoms with Gasteiger partial charge in [0.25, 0.3) is 5.91 Å². The molecule has 2 amide bonds. The first-order valence-electron chi connectivity index (χ1n) is 9.14. The van der Waals surface area contributed by atoms with Crippen LogP contribution in [0.1, 0.15) is 33.1 Å². The number of amides is 2. The monoisotopic (exact) mass is 398 g/mol. The molecule has 2 atom stereocenters. The topological polar surface area (TPSA) is 84.9 Å². The maximum absolute atomic E-state index is 12.5. The van der Waals surface area contributed by atoms with E-state index >= 15 is 0 Å². The first kappa shape index (κ1) is 21.6. The fraction of sp³-hybridized carbons (Fsp3) is 0.526. The van der Waals surface area contributed by atoms with E-state index in [9.17, 15) is 23.2 Å². The van der Waals surface area contributed by atoms with Crippen LogP contribution in [0.2, 0.25) is 0 Å². The second-order valence-electron chi connectivity index (χ2n) is 6.48. The summed E-state index contributed by atoms with van der Waals surface area (Å²) in [5.41, 5.74) is 0.0492. The highest BCUT2D eigenvalue weighted by Gasteiger charge is 2.31. The van der Waals surface area contributed by atoms with Crippen molar-refractivity contribution in [1.29, 1.82) is 0 Å². The van der Waals surface area contributed by atoms with Crippen LogP contribution < -0.4 is 10.1 Å². The fourth-order valence-electron chi connectivity index (χ4n) is 2.95. The van der Waals surface area contributed by atoms with Crippen LogP contribution >= 0.6 is 0 Å². The summed E-state index contributed by atoms with van der Waals surface area (Å²) in [6.07, 6.45) is 0.487. The number of hydrogen-bond donors (Lipinski definition) is 1. The molecule has 1 aromatic carbocycles. The molecule has 0 saturated carbocycles. The maximum atomic E-state index is 12.5. The minimum absolute atomic E-state index is 0.0288. The zero-order chi connectivity index (χ0) is 20.7. The van der Waals surface area contributed by atoms with Crippen molar-refractivity contribution < 1.29 is 32.6 Å². The third-order valence-corrected chi connectivity index (χ3v) is 4.43. The number of esters is 1. The van der Waals surface area contributed by atoms with Crippen LogP contribution in [0.15, 0.2) is 24.3 Å². The molecule has 1 saturated heterocycles. The van der Waals surface area contributed by atoms with Gasteiger partial charge in [-0.05, 0) is 31.9 Å². The van der Waals surface area contributed by atoms with E-state index in [-0.39, 0.29) is 23.9 Å². The molecular weight excluding hydrogens is 374 g/mol. The molecule has 1 aliphatic heterocycles. The Labute approximate surface area is 162 Å². The molecular formula is C19H24F2N2O5. The Morgan fingerprint density at radius 2 is 2.00 bits per heavy atom. The molecule has 28 heavy (non-hydrogen) atoms. The van der Waals surface area contributed by atoms with Crippen molar-refractivity contribution in [3.63, 3.8) is 0 Å². The number of piperidine rings is 1. The predicted molar refractivity (Wildman–Crippen MR) is 96.9 cm³/mol. The standard InChI is InChI=1S/C19H24F2N2O5/c1-3-16(24)23-10-6-7-13(11-23)18(26)27-12(2)17(25)22-14-8-4-5-9-15(14)28-19(20)21/h4-5,8-9,12-13,19H,3,6-7,10-11H2,1-2H3,(H,22,25). The van der Waals surface area contributed by atoms with Gasteiger partial charge in [-0.15, -0.1) is 0 Å². The third kappa shape index (κ3) is 5.90. The van der Waals surface area contributed by atoms with E-state index < -0.39 is 30.5 Å². The molecule has 0 aromatic heterocycles. The number of halogens is 2. The molecule has 1 fully saturated rings. The number of nitrogens with one attached hydrogen (secondary N) is 1. The number of anilines is 1. The lowest BCUT2D eigenvalue weighted by Crippen LogP contribution is -2.43. The summed E-state index contributed by atoms with van der Waals surface area (Å²) in [5, 5.41) is 2.42. The normalized spacial score (nSPS) is 17.8. The third-order valence-electron chi connectivity index (χ3n) is 4.43. The number of carbonyl (C=O) groups is 3. The maximum Gasteiger partial charge on any atom is 0.387 e. The van der Waals surface area contributed by atoms with Gasteiger partial charge in [0, 0.05) is 19.5 Å². The number of para-hydroxylation sites is 2. The molecule has 2 rings (SSSR count). The Morgan fingerprint density at radius 1 is 1.29 bits per heavy atom. The Kier molecular flexibility index (Phi) is 7.71. The van der Waals surface area contributed by atoms with Crippen molar-refractivity contribution in [2.24, 2.45) is 5.92 Å². The summed E-state index contributed by atoms with van der Waals surface area (Å²) in [4.78, 5) is 38.1. The van der Waals surface area contributed by atoms with Gasteiger partial charge in [-0.3, -0.25) is 14.4 Å². The highest BCUT2D eigenvalue weighted by Crippen LogP contribution is 2.26. The number of rotatable bonds is 7. The average Bonchev–Trinajstić information content (AvgIpc) is 2.68. The minimum atomic E-state index is -3.03. The summed E-state index contributed by atoms with van der Waals surface area (Å²) < 4.78 is 34.5. The van der Waals surface area contributed by atoms with Gasteiger partial charge in [0.05, 0.1) is 11.6 Å². The summed E-state index contributed by atoms with van der Waals surface area (Å²) >= 11 is 0. The zero-order valence-electron chi connectivity index (χ0n) is 15.8. The molecule has 154 valence electrons. The van der Waals surface area contributed by atoms with E-state index in [0.717, 1.165) is 0 Å². The van der Waals surface area contributed by atoms with Gasteiger partial charge in [0.15, 0.2) is 6.10 Å². The van der Waals surface area contributed by atoms with Gasteiger partial charge >= 0.3 is 12.6 Å². The van der Waals surface area contributed by atoms with Crippen molar-refractivity contribution in [2.75, 3.05) is 18.4 Å². The Balaban J connectivity index is 1.93. The molecule has 7 nitrogen and oxygen atoms in total. The van der Waals surface area contributed by atoms with Crippen molar-refractivity contribution in [3.8, 4) is 5.75 Å². The zero-order valence-corrected chi connectivity index (χ0v) is 15.8. The average molecular weight is 398 g/mol. The lowest BCUT2D eigenvalue weighted by Gasteiger charge is -2.31. The van der Waals surface area contributed by atoms with Crippen LogP contribution in [0.4, 0.5) is 14.5 Å². The number of alkyl halides is 2. The van der Waals surface area contributed by atoms with E-state index in [4.69, 9.17) is 4.74 Å². The highest BCUT2D eigenvalue weighted by molar-refractivity contribution is 5.96. The molecule has 0 aliphatic carbocycles. The minimum Gasteiger partial charge on any atom is -0.452 e. The summed E-state index contributed by atoms with van der Waals surface area (Å²) in [6.45, 7) is 0.986. The van der Waals surface area contributed by atoms with Gasteiger partial charge in [-0.2, -0.15) is 8.78 Å². The molecule has 1 heterocycles.